The molecule has 0 radical (unpaired) electrons. The number of esters is 1. The average Bonchev–Trinajstić information content (AvgIpc) is 2.02. The minimum atomic E-state index is -0.576. The first-order valence-corrected chi connectivity index (χ1v) is 4.47. The van der Waals surface area contributed by atoms with E-state index in [4.69, 9.17) is 4.74 Å². The van der Waals surface area contributed by atoms with Gasteiger partial charge in [-0.2, -0.15) is 0 Å². The molecule has 0 heterocycles. The molecule has 0 fully saturated rings. The third-order valence-corrected chi connectivity index (χ3v) is 1.64. The van der Waals surface area contributed by atoms with Crippen LogP contribution in [0.3, 0.4) is 0 Å². The zero-order valence-corrected chi connectivity index (χ0v) is 8.92. The van der Waals surface area contributed by atoms with E-state index in [-0.39, 0.29) is 5.91 Å². The van der Waals surface area contributed by atoms with Gasteiger partial charge in [-0.1, -0.05) is 6.58 Å². The van der Waals surface area contributed by atoms with Crippen molar-refractivity contribution in [3.8, 4) is 0 Å². The molecule has 4 nitrogen and oxygen atoms in total. The van der Waals surface area contributed by atoms with Crippen molar-refractivity contribution in [3.63, 3.8) is 0 Å². The Labute approximate surface area is 84.3 Å². The second-order valence-electron chi connectivity index (χ2n) is 3.62. The van der Waals surface area contributed by atoms with Crippen LogP contribution in [-0.2, 0) is 14.3 Å². The zero-order valence-electron chi connectivity index (χ0n) is 8.92. The van der Waals surface area contributed by atoms with Gasteiger partial charge in [0.15, 0.2) is 0 Å². The predicted molar refractivity (Wildman–Crippen MR) is 53.7 cm³/mol. The lowest BCUT2D eigenvalue weighted by atomic mass is 10.1. The van der Waals surface area contributed by atoms with Crippen molar-refractivity contribution in [2.24, 2.45) is 0 Å². The normalized spacial score (nSPS) is 10.5. The standard InChI is InChI=1S/C10H17NO3/c1-5-9(13)14-10(3,4)6-7-11-8(2)12/h5H,1,6-7H2,2-4H3,(H,11,12). The van der Waals surface area contributed by atoms with Crippen LogP contribution in [0.15, 0.2) is 12.7 Å². The summed E-state index contributed by atoms with van der Waals surface area (Å²) in [6.07, 6.45) is 1.70. The molecule has 0 aromatic heterocycles. The van der Waals surface area contributed by atoms with Crippen molar-refractivity contribution < 1.29 is 14.3 Å². The van der Waals surface area contributed by atoms with E-state index in [1.807, 2.05) is 0 Å². The number of hydrogen-bond acceptors (Lipinski definition) is 3. The first-order valence-electron chi connectivity index (χ1n) is 4.47. The predicted octanol–water partition coefficient (Wildman–Crippen LogP) is 1.02. The van der Waals surface area contributed by atoms with Crippen molar-refractivity contribution in [2.45, 2.75) is 32.8 Å². The van der Waals surface area contributed by atoms with Gasteiger partial charge in [-0.3, -0.25) is 4.79 Å². The van der Waals surface area contributed by atoms with Gasteiger partial charge in [0.25, 0.3) is 0 Å². The smallest absolute Gasteiger partial charge is 0.330 e. The summed E-state index contributed by atoms with van der Waals surface area (Å²) in [5.41, 5.74) is -0.576. The van der Waals surface area contributed by atoms with Gasteiger partial charge in [0.2, 0.25) is 5.91 Å². The Morgan fingerprint density at radius 1 is 1.50 bits per heavy atom. The van der Waals surface area contributed by atoms with Crippen LogP contribution in [0, 0.1) is 0 Å². The number of amides is 1. The average molecular weight is 199 g/mol. The number of hydrogen-bond donors (Lipinski definition) is 1. The summed E-state index contributed by atoms with van der Waals surface area (Å²) in [6.45, 7) is 8.82. The van der Waals surface area contributed by atoms with E-state index in [1.54, 1.807) is 13.8 Å². The molecule has 0 aliphatic heterocycles. The third-order valence-electron chi connectivity index (χ3n) is 1.64. The summed E-state index contributed by atoms with van der Waals surface area (Å²) in [6, 6.07) is 0. The van der Waals surface area contributed by atoms with Crippen molar-refractivity contribution in [1.29, 1.82) is 0 Å². The van der Waals surface area contributed by atoms with Crippen molar-refractivity contribution in [1.82, 2.24) is 5.32 Å². The molecule has 0 saturated carbocycles. The number of carbonyl (C=O) groups excluding carboxylic acids is 2. The van der Waals surface area contributed by atoms with Gasteiger partial charge in [0, 0.05) is 26.0 Å². The molecule has 0 aliphatic carbocycles. The Morgan fingerprint density at radius 3 is 2.50 bits per heavy atom. The Kier molecular flexibility index (Phi) is 4.91. The van der Waals surface area contributed by atoms with Crippen LogP contribution in [-0.4, -0.2) is 24.0 Å². The van der Waals surface area contributed by atoms with E-state index in [9.17, 15) is 9.59 Å². The maximum Gasteiger partial charge on any atom is 0.330 e. The molecule has 0 atom stereocenters. The van der Waals surface area contributed by atoms with E-state index < -0.39 is 11.6 Å². The van der Waals surface area contributed by atoms with E-state index in [1.165, 1.54) is 6.92 Å². The lowest BCUT2D eigenvalue weighted by Crippen LogP contribution is -2.33. The van der Waals surface area contributed by atoms with Crippen molar-refractivity contribution in [3.05, 3.63) is 12.7 Å². The zero-order chi connectivity index (χ0) is 11.2. The van der Waals surface area contributed by atoms with Crippen LogP contribution >= 0.6 is 0 Å². The highest BCUT2D eigenvalue weighted by molar-refractivity contribution is 5.81. The molecule has 0 rings (SSSR count). The summed E-state index contributed by atoms with van der Waals surface area (Å²) in [5.74, 6) is -0.534. The van der Waals surface area contributed by atoms with Crippen LogP contribution in [0.4, 0.5) is 0 Å². The lowest BCUT2D eigenvalue weighted by Gasteiger charge is -2.24. The molecule has 0 aliphatic rings. The van der Waals surface area contributed by atoms with Crippen molar-refractivity contribution in [2.75, 3.05) is 6.54 Å². The minimum Gasteiger partial charge on any atom is -0.456 e. The van der Waals surface area contributed by atoms with E-state index >= 15 is 0 Å². The lowest BCUT2D eigenvalue weighted by molar-refractivity contribution is -0.150. The van der Waals surface area contributed by atoms with Gasteiger partial charge in [-0.25, -0.2) is 4.79 Å². The van der Waals surface area contributed by atoms with Crippen LogP contribution in [0.5, 0.6) is 0 Å². The van der Waals surface area contributed by atoms with Gasteiger partial charge in [-0.05, 0) is 13.8 Å². The van der Waals surface area contributed by atoms with Gasteiger partial charge >= 0.3 is 5.97 Å². The van der Waals surface area contributed by atoms with Gasteiger partial charge in [0.05, 0.1) is 0 Å². The number of ether oxygens (including phenoxy) is 1. The SMILES string of the molecule is C=CC(=O)OC(C)(C)CCNC(C)=O. The molecule has 0 saturated heterocycles. The first kappa shape index (κ1) is 12.7. The molecule has 1 N–H and O–H groups in total. The molecule has 0 aromatic rings. The second kappa shape index (κ2) is 5.42. The quantitative estimate of drug-likeness (QED) is 0.531. The molecule has 0 bridgehead atoms. The fourth-order valence-electron chi connectivity index (χ4n) is 0.905. The van der Waals surface area contributed by atoms with E-state index in [0.717, 1.165) is 6.08 Å². The number of rotatable bonds is 5. The highest BCUT2D eigenvalue weighted by atomic mass is 16.6. The Hall–Kier alpha value is -1.32. The highest BCUT2D eigenvalue weighted by Crippen LogP contribution is 2.13. The molecule has 0 spiro atoms. The molecule has 80 valence electrons. The summed E-state index contributed by atoms with van der Waals surface area (Å²) in [7, 11) is 0. The Balaban J connectivity index is 3.88. The Morgan fingerprint density at radius 2 is 2.07 bits per heavy atom. The largest absolute Gasteiger partial charge is 0.456 e. The third kappa shape index (κ3) is 6.22. The summed E-state index contributed by atoms with van der Waals surface area (Å²) in [4.78, 5) is 21.5. The van der Waals surface area contributed by atoms with Gasteiger partial charge < -0.3 is 10.1 Å². The highest BCUT2D eigenvalue weighted by Gasteiger charge is 2.21. The summed E-state index contributed by atoms with van der Waals surface area (Å²) < 4.78 is 5.06. The van der Waals surface area contributed by atoms with Crippen LogP contribution < -0.4 is 5.32 Å². The molecule has 0 unspecified atom stereocenters. The maximum absolute atomic E-state index is 10.9. The van der Waals surface area contributed by atoms with Gasteiger partial charge in [0.1, 0.15) is 5.60 Å². The van der Waals surface area contributed by atoms with Crippen LogP contribution in [0.1, 0.15) is 27.2 Å². The van der Waals surface area contributed by atoms with Crippen molar-refractivity contribution >= 4 is 11.9 Å². The summed E-state index contributed by atoms with van der Waals surface area (Å²) >= 11 is 0. The van der Waals surface area contributed by atoms with Crippen LogP contribution in [0.2, 0.25) is 0 Å². The monoisotopic (exact) mass is 199 g/mol. The summed E-state index contributed by atoms with van der Waals surface area (Å²) in [5, 5.41) is 2.64. The molecule has 4 heteroatoms. The van der Waals surface area contributed by atoms with E-state index in [2.05, 4.69) is 11.9 Å². The second-order valence-corrected chi connectivity index (χ2v) is 3.62. The molecule has 14 heavy (non-hydrogen) atoms. The van der Waals surface area contributed by atoms with E-state index in [0.29, 0.717) is 13.0 Å². The molecule has 0 aromatic carbocycles. The number of nitrogens with one attached hydrogen (secondary N) is 1. The van der Waals surface area contributed by atoms with Gasteiger partial charge in [-0.15, -0.1) is 0 Å². The molecule has 1 amide bonds. The number of carbonyl (C=O) groups is 2. The first-order chi connectivity index (χ1) is 6.37. The molecular weight excluding hydrogens is 182 g/mol. The Bertz CT molecular complexity index is 234. The fourth-order valence-corrected chi connectivity index (χ4v) is 0.905. The van der Waals surface area contributed by atoms with Crippen LogP contribution in [0.25, 0.3) is 0 Å². The minimum absolute atomic E-state index is 0.0872. The maximum atomic E-state index is 10.9. The topological polar surface area (TPSA) is 55.4 Å². The molecular formula is C10H17NO3. The fraction of sp³-hybridized carbons (Fsp3) is 0.600.